The summed E-state index contributed by atoms with van der Waals surface area (Å²) in [5, 5.41) is 10.4. The number of fused-ring (bicyclic) bond motifs is 1. The molecule has 2 unspecified atom stereocenters. The molecule has 196 valence electrons. The zero-order chi connectivity index (χ0) is 26.1. The summed E-state index contributed by atoms with van der Waals surface area (Å²) >= 11 is 1.68. The Bertz CT molecular complexity index is 846. The summed E-state index contributed by atoms with van der Waals surface area (Å²) in [6.07, 6.45) is 5.80. The first-order chi connectivity index (χ1) is 16.6. The summed E-state index contributed by atoms with van der Waals surface area (Å²) < 4.78 is -0.651. The minimum atomic E-state index is -0.700. The second kappa shape index (κ2) is 11.1. The van der Waals surface area contributed by atoms with Crippen LogP contribution < -0.4 is 0 Å². The van der Waals surface area contributed by atoms with Crippen LogP contribution >= 0.6 is 11.8 Å². The maximum absolute atomic E-state index is 14.2. The maximum atomic E-state index is 14.2. The van der Waals surface area contributed by atoms with Crippen molar-refractivity contribution in [1.82, 2.24) is 14.7 Å². The van der Waals surface area contributed by atoms with Gasteiger partial charge in [0.25, 0.3) is 0 Å². The Morgan fingerprint density at radius 1 is 1.20 bits per heavy atom. The fourth-order valence-corrected chi connectivity index (χ4v) is 8.60. The standard InChI is InChI=1S/C27H43N3O4S/c1-8-13-28(14-9-2)24(32)21-20-11-12-27(35-20)22(21)25(33)30(19(16-31)17(4)5)23(27)26(34)29(15-10-3)18(6)7/h8,10,17-23,31H,1,3,9,11-16H2,2,4-7H3/t19-,20-,21+,22-,23?,27?/m0/s1. The van der Waals surface area contributed by atoms with Crippen molar-refractivity contribution in [2.75, 3.05) is 26.2 Å². The van der Waals surface area contributed by atoms with Gasteiger partial charge < -0.3 is 19.8 Å². The molecule has 3 rings (SSSR count). The molecule has 0 aromatic rings. The van der Waals surface area contributed by atoms with E-state index in [1.807, 2.05) is 39.5 Å². The Balaban J connectivity index is 2.11. The molecule has 35 heavy (non-hydrogen) atoms. The molecular weight excluding hydrogens is 462 g/mol. The van der Waals surface area contributed by atoms with Crippen LogP contribution in [0.15, 0.2) is 25.3 Å². The van der Waals surface area contributed by atoms with E-state index < -0.39 is 28.7 Å². The first kappa shape index (κ1) is 27.8. The van der Waals surface area contributed by atoms with Gasteiger partial charge in [0.1, 0.15) is 6.04 Å². The molecule has 3 aliphatic rings. The molecule has 0 aliphatic carbocycles. The van der Waals surface area contributed by atoms with E-state index >= 15 is 0 Å². The quantitative estimate of drug-likeness (QED) is 0.413. The summed E-state index contributed by atoms with van der Waals surface area (Å²) in [6.45, 7) is 18.8. The largest absolute Gasteiger partial charge is 0.394 e. The molecule has 3 heterocycles. The van der Waals surface area contributed by atoms with Crippen LogP contribution in [0.5, 0.6) is 0 Å². The van der Waals surface area contributed by atoms with E-state index in [-0.39, 0.29) is 41.5 Å². The highest BCUT2D eigenvalue weighted by molar-refractivity contribution is 8.02. The number of carbonyl (C=O) groups excluding carboxylic acids is 3. The second-order valence-corrected chi connectivity index (χ2v) is 12.3. The Morgan fingerprint density at radius 2 is 1.86 bits per heavy atom. The number of thioether (sulfide) groups is 1. The summed E-state index contributed by atoms with van der Waals surface area (Å²) in [7, 11) is 0. The van der Waals surface area contributed by atoms with Gasteiger partial charge in [-0.05, 0) is 39.0 Å². The summed E-state index contributed by atoms with van der Waals surface area (Å²) in [6, 6.07) is -1.24. The van der Waals surface area contributed by atoms with Crippen LogP contribution in [-0.2, 0) is 14.4 Å². The molecule has 0 radical (unpaired) electrons. The fraction of sp³-hybridized carbons (Fsp3) is 0.741. The molecule has 0 aromatic heterocycles. The molecule has 7 nitrogen and oxygen atoms in total. The van der Waals surface area contributed by atoms with Crippen LogP contribution in [0.2, 0.25) is 0 Å². The SMILES string of the molecule is C=CCN(CCC)C(=O)[C@@H]1[C@@H]2CCC3(S2)C(C(=O)N(CC=C)C(C)C)N([C@@H](CO)C(C)C)C(=O)[C@H]13. The highest BCUT2D eigenvalue weighted by atomic mass is 32.2. The summed E-state index contributed by atoms with van der Waals surface area (Å²) in [5.74, 6) is -1.30. The molecule has 3 amide bonds. The van der Waals surface area contributed by atoms with Crippen LogP contribution in [0.3, 0.4) is 0 Å². The fourth-order valence-electron chi connectivity index (χ4n) is 6.41. The number of likely N-dealkylation sites (tertiary alicyclic amines) is 1. The zero-order valence-corrected chi connectivity index (χ0v) is 22.8. The first-order valence-electron chi connectivity index (χ1n) is 13.0. The molecule has 0 saturated carbocycles. The highest BCUT2D eigenvalue weighted by Crippen LogP contribution is 2.67. The molecule has 6 atom stereocenters. The predicted octanol–water partition coefficient (Wildman–Crippen LogP) is 2.94. The van der Waals surface area contributed by atoms with E-state index in [9.17, 15) is 19.5 Å². The van der Waals surface area contributed by atoms with E-state index in [4.69, 9.17) is 0 Å². The van der Waals surface area contributed by atoms with Crippen molar-refractivity contribution >= 4 is 29.5 Å². The molecule has 3 saturated heterocycles. The van der Waals surface area contributed by atoms with E-state index in [0.29, 0.717) is 19.6 Å². The third-order valence-corrected chi connectivity index (χ3v) is 9.91. The number of carbonyl (C=O) groups is 3. The van der Waals surface area contributed by atoms with Gasteiger partial charge in [-0.2, -0.15) is 0 Å². The molecule has 3 aliphatic heterocycles. The van der Waals surface area contributed by atoms with Gasteiger partial charge in [0.2, 0.25) is 17.7 Å². The normalized spacial score (nSPS) is 30.1. The van der Waals surface area contributed by atoms with Crippen molar-refractivity contribution in [2.24, 2.45) is 17.8 Å². The highest BCUT2D eigenvalue weighted by Gasteiger charge is 2.74. The van der Waals surface area contributed by atoms with Gasteiger partial charge >= 0.3 is 0 Å². The second-order valence-electron chi connectivity index (χ2n) is 10.7. The number of aliphatic hydroxyl groups is 1. The molecule has 8 heteroatoms. The Labute approximate surface area is 215 Å². The molecule has 2 bridgehead atoms. The number of nitrogens with zero attached hydrogens (tertiary/aromatic N) is 3. The van der Waals surface area contributed by atoms with Crippen molar-refractivity contribution in [3.05, 3.63) is 25.3 Å². The molecule has 1 spiro atoms. The van der Waals surface area contributed by atoms with Crippen LogP contribution in [0.4, 0.5) is 0 Å². The van der Waals surface area contributed by atoms with Crippen molar-refractivity contribution in [3.8, 4) is 0 Å². The molecule has 0 aromatic carbocycles. The van der Waals surface area contributed by atoms with E-state index in [2.05, 4.69) is 13.2 Å². The number of aliphatic hydroxyl groups excluding tert-OH is 1. The van der Waals surface area contributed by atoms with E-state index in [1.165, 1.54) is 0 Å². The van der Waals surface area contributed by atoms with Crippen LogP contribution in [-0.4, -0.2) is 91.9 Å². The third-order valence-electron chi connectivity index (χ3n) is 7.96. The minimum absolute atomic E-state index is 0.00544. The number of hydrogen-bond acceptors (Lipinski definition) is 5. The maximum Gasteiger partial charge on any atom is 0.247 e. The molecule has 1 N–H and O–H groups in total. The average Bonchev–Trinajstić information content (AvgIpc) is 3.44. The number of amides is 3. The minimum Gasteiger partial charge on any atom is -0.394 e. The average molecular weight is 506 g/mol. The Hall–Kier alpha value is -1.80. The lowest BCUT2D eigenvalue weighted by molar-refractivity contribution is -0.148. The molecular formula is C27H43N3O4S. The third kappa shape index (κ3) is 4.57. The number of hydrogen-bond donors (Lipinski definition) is 1. The monoisotopic (exact) mass is 505 g/mol. The summed E-state index contributed by atoms with van der Waals surface area (Å²) in [5.41, 5.74) is 0. The zero-order valence-electron chi connectivity index (χ0n) is 22.0. The number of rotatable bonds is 12. The van der Waals surface area contributed by atoms with E-state index in [0.717, 1.165) is 19.3 Å². The van der Waals surface area contributed by atoms with Gasteiger partial charge in [0.05, 0.1) is 29.2 Å². The molecule has 3 fully saturated rings. The van der Waals surface area contributed by atoms with Crippen molar-refractivity contribution in [2.45, 2.75) is 82.0 Å². The van der Waals surface area contributed by atoms with Crippen LogP contribution in [0.1, 0.15) is 53.9 Å². The lowest BCUT2D eigenvalue weighted by atomic mass is 9.70. The van der Waals surface area contributed by atoms with E-state index in [1.54, 1.807) is 33.7 Å². The van der Waals surface area contributed by atoms with Gasteiger partial charge in [-0.25, -0.2) is 0 Å². The Morgan fingerprint density at radius 3 is 2.37 bits per heavy atom. The lowest BCUT2D eigenvalue weighted by Crippen LogP contribution is -2.59. The van der Waals surface area contributed by atoms with Crippen molar-refractivity contribution < 1.29 is 19.5 Å². The van der Waals surface area contributed by atoms with Crippen LogP contribution in [0, 0.1) is 17.8 Å². The van der Waals surface area contributed by atoms with Gasteiger partial charge in [0.15, 0.2) is 0 Å². The lowest BCUT2D eigenvalue weighted by Gasteiger charge is -2.41. The van der Waals surface area contributed by atoms with Crippen LogP contribution in [0.25, 0.3) is 0 Å². The van der Waals surface area contributed by atoms with Crippen molar-refractivity contribution in [3.63, 3.8) is 0 Å². The first-order valence-corrected chi connectivity index (χ1v) is 13.9. The van der Waals surface area contributed by atoms with Gasteiger partial charge in [-0.3, -0.25) is 14.4 Å². The Kier molecular flexibility index (Phi) is 8.79. The van der Waals surface area contributed by atoms with Gasteiger partial charge in [-0.1, -0.05) is 32.9 Å². The van der Waals surface area contributed by atoms with Crippen molar-refractivity contribution in [1.29, 1.82) is 0 Å². The smallest absolute Gasteiger partial charge is 0.247 e. The predicted molar refractivity (Wildman–Crippen MR) is 141 cm³/mol. The topological polar surface area (TPSA) is 81.2 Å². The summed E-state index contributed by atoms with van der Waals surface area (Å²) in [4.78, 5) is 47.5. The van der Waals surface area contributed by atoms with Gasteiger partial charge in [-0.15, -0.1) is 24.9 Å². The van der Waals surface area contributed by atoms with Gasteiger partial charge in [0, 0.05) is 30.9 Å².